The topological polar surface area (TPSA) is 84.2 Å². The van der Waals surface area contributed by atoms with Crippen LogP contribution < -0.4 is 16.4 Å². The van der Waals surface area contributed by atoms with E-state index in [-0.39, 0.29) is 17.5 Å². The molecule has 1 aliphatic heterocycles. The molecule has 1 aromatic rings. The molecule has 1 heterocycles. The Balaban J connectivity index is 1.81. The summed E-state index contributed by atoms with van der Waals surface area (Å²) in [5.41, 5.74) is 6.91. The molecule has 1 fully saturated rings. The van der Waals surface area contributed by atoms with Crippen LogP contribution in [0, 0.1) is 11.7 Å². The van der Waals surface area contributed by atoms with E-state index in [0.29, 0.717) is 31.0 Å². The first-order chi connectivity index (χ1) is 10.1. The zero-order valence-corrected chi connectivity index (χ0v) is 11.6. The number of hydrogen-bond acceptors (Lipinski definition) is 3. The first-order valence-corrected chi connectivity index (χ1v) is 7.21. The Labute approximate surface area is 122 Å². The average Bonchev–Trinajstić information content (AvgIpc) is 3.28. The molecule has 1 unspecified atom stereocenters. The van der Waals surface area contributed by atoms with Crippen molar-refractivity contribution in [1.29, 1.82) is 0 Å². The van der Waals surface area contributed by atoms with Gasteiger partial charge in [0.1, 0.15) is 5.82 Å². The lowest BCUT2D eigenvalue weighted by Gasteiger charge is -2.20. The molecule has 6 heteroatoms. The van der Waals surface area contributed by atoms with E-state index in [9.17, 15) is 14.0 Å². The quantitative estimate of drug-likeness (QED) is 0.778. The number of carbonyl (C=O) groups is 2. The highest BCUT2D eigenvalue weighted by atomic mass is 19.1. The smallest absolute Gasteiger partial charge is 0.254 e. The van der Waals surface area contributed by atoms with E-state index in [1.54, 1.807) is 0 Å². The molecule has 1 aliphatic carbocycles. The number of hydrogen-bond donors (Lipinski definition) is 3. The maximum Gasteiger partial charge on any atom is 0.254 e. The Morgan fingerprint density at radius 1 is 1.43 bits per heavy atom. The van der Waals surface area contributed by atoms with Crippen LogP contribution in [0.3, 0.4) is 0 Å². The first-order valence-electron chi connectivity index (χ1n) is 7.21. The van der Waals surface area contributed by atoms with Crippen molar-refractivity contribution in [3.63, 3.8) is 0 Å². The Kier molecular flexibility index (Phi) is 3.63. The number of amides is 2. The largest absolute Gasteiger partial charge is 0.348 e. The fourth-order valence-electron chi connectivity index (χ4n) is 2.69. The summed E-state index contributed by atoms with van der Waals surface area (Å²) in [6, 6.07) is 2.66. The summed E-state index contributed by atoms with van der Waals surface area (Å²) in [4.78, 5) is 23.5. The van der Waals surface area contributed by atoms with Crippen LogP contribution in [0.25, 0.3) is 0 Å². The lowest BCUT2D eigenvalue weighted by molar-refractivity contribution is -0.116. The lowest BCUT2D eigenvalue weighted by atomic mass is 9.99. The second-order valence-electron chi connectivity index (χ2n) is 5.69. The first kappa shape index (κ1) is 14.0. The SMILES string of the molecule is NCC(NC(=O)c1cc2c(cc1F)NC(=O)CC2)C1CC1. The maximum absolute atomic E-state index is 14.1. The third kappa shape index (κ3) is 2.90. The summed E-state index contributed by atoms with van der Waals surface area (Å²) in [7, 11) is 0. The van der Waals surface area contributed by atoms with Gasteiger partial charge < -0.3 is 16.4 Å². The van der Waals surface area contributed by atoms with E-state index >= 15 is 0 Å². The Bertz CT molecular complexity index is 599. The van der Waals surface area contributed by atoms with Crippen LogP contribution in [0.2, 0.25) is 0 Å². The zero-order chi connectivity index (χ0) is 15.0. The van der Waals surface area contributed by atoms with Gasteiger partial charge in [-0.25, -0.2) is 4.39 Å². The minimum absolute atomic E-state index is 0.0176. The van der Waals surface area contributed by atoms with Gasteiger partial charge in [0, 0.05) is 24.7 Å². The molecule has 21 heavy (non-hydrogen) atoms. The van der Waals surface area contributed by atoms with Gasteiger partial charge in [0.25, 0.3) is 5.91 Å². The second kappa shape index (κ2) is 5.44. The second-order valence-corrected chi connectivity index (χ2v) is 5.69. The highest BCUT2D eigenvalue weighted by Gasteiger charge is 2.32. The monoisotopic (exact) mass is 291 g/mol. The number of carbonyl (C=O) groups excluding carboxylic acids is 2. The van der Waals surface area contributed by atoms with Crippen molar-refractivity contribution in [1.82, 2.24) is 5.32 Å². The average molecular weight is 291 g/mol. The van der Waals surface area contributed by atoms with Crippen molar-refractivity contribution in [3.8, 4) is 0 Å². The molecule has 0 saturated heterocycles. The maximum atomic E-state index is 14.1. The van der Waals surface area contributed by atoms with E-state index < -0.39 is 11.7 Å². The zero-order valence-electron chi connectivity index (χ0n) is 11.6. The van der Waals surface area contributed by atoms with Crippen LogP contribution in [0.1, 0.15) is 35.2 Å². The number of aryl methyl sites for hydroxylation is 1. The summed E-state index contributed by atoms with van der Waals surface area (Å²) in [5, 5.41) is 5.43. The number of anilines is 1. The molecule has 5 nitrogen and oxygen atoms in total. The fourth-order valence-corrected chi connectivity index (χ4v) is 2.69. The van der Waals surface area contributed by atoms with Gasteiger partial charge in [0.05, 0.1) is 5.56 Å². The Morgan fingerprint density at radius 2 is 2.19 bits per heavy atom. The molecular weight excluding hydrogens is 273 g/mol. The molecule has 1 aromatic carbocycles. The number of halogens is 1. The van der Waals surface area contributed by atoms with Crippen LogP contribution in [0.5, 0.6) is 0 Å². The van der Waals surface area contributed by atoms with Gasteiger partial charge in [-0.1, -0.05) is 0 Å². The molecular formula is C15H18FN3O2. The number of rotatable bonds is 4. The van der Waals surface area contributed by atoms with E-state index in [0.717, 1.165) is 18.4 Å². The molecule has 1 atom stereocenters. The number of benzene rings is 1. The number of nitrogens with two attached hydrogens (primary N) is 1. The van der Waals surface area contributed by atoms with Crippen LogP contribution in [-0.2, 0) is 11.2 Å². The Hall–Kier alpha value is -1.95. The van der Waals surface area contributed by atoms with Crippen molar-refractivity contribution in [2.24, 2.45) is 11.7 Å². The molecule has 0 spiro atoms. The minimum Gasteiger partial charge on any atom is -0.348 e. The lowest BCUT2D eigenvalue weighted by Crippen LogP contribution is -2.42. The van der Waals surface area contributed by atoms with Crippen molar-refractivity contribution >= 4 is 17.5 Å². The van der Waals surface area contributed by atoms with E-state index in [4.69, 9.17) is 5.73 Å². The normalized spacial score (nSPS) is 18.7. The summed E-state index contributed by atoms with van der Waals surface area (Å²) < 4.78 is 14.1. The molecule has 112 valence electrons. The van der Waals surface area contributed by atoms with Crippen LogP contribution in [0.15, 0.2) is 12.1 Å². The van der Waals surface area contributed by atoms with E-state index in [1.807, 2.05) is 0 Å². The predicted octanol–water partition coefficient (Wildman–Crippen LogP) is 1.18. The Morgan fingerprint density at radius 3 is 2.86 bits per heavy atom. The standard InChI is InChI=1S/C15H18FN3O2/c16-11-6-12-9(3-4-14(20)18-12)5-10(11)15(21)19-13(7-17)8-1-2-8/h5-6,8,13H,1-4,7,17H2,(H,18,20)(H,19,21). The fraction of sp³-hybridized carbons (Fsp3) is 0.467. The van der Waals surface area contributed by atoms with Crippen molar-refractivity contribution in [2.45, 2.75) is 31.7 Å². The molecule has 3 rings (SSSR count). The van der Waals surface area contributed by atoms with Gasteiger partial charge in [0.2, 0.25) is 5.91 Å². The van der Waals surface area contributed by atoms with Gasteiger partial charge in [-0.3, -0.25) is 9.59 Å². The highest BCUT2D eigenvalue weighted by molar-refractivity contribution is 5.98. The molecule has 2 amide bonds. The molecule has 0 radical (unpaired) electrons. The van der Waals surface area contributed by atoms with Crippen LogP contribution in [-0.4, -0.2) is 24.4 Å². The predicted molar refractivity (Wildman–Crippen MR) is 76.4 cm³/mol. The van der Waals surface area contributed by atoms with Gasteiger partial charge in [-0.2, -0.15) is 0 Å². The van der Waals surface area contributed by atoms with Crippen molar-refractivity contribution in [2.75, 3.05) is 11.9 Å². The summed E-state index contributed by atoms with van der Waals surface area (Å²) in [5.74, 6) is -0.774. The highest BCUT2D eigenvalue weighted by Crippen LogP contribution is 2.32. The van der Waals surface area contributed by atoms with Crippen molar-refractivity contribution in [3.05, 3.63) is 29.1 Å². The minimum atomic E-state index is -0.625. The van der Waals surface area contributed by atoms with Gasteiger partial charge >= 0.3 is 0 Å². The molecule has 1 saturated carbocycles. The third-order valence-electron chi connectivity index (χ3n) is 4.09. The molecule has 2 aliphatic rings. The third-order valence-corrected chi connectivity index (χ3v) is 4.09. The van der Waals surface area contributed by atoms with Gasteiger partial charge in [-0.05, 0) is 42.9 Å². The summed E-state index contributed by atoms with van der Waals surface area (Å²) in [6.45, 7) is 0.360. The molecule has 0 aromatic heterocycles. The number of nitrogens with one attached hydrogen (secondary N) is 2. The molecule has 4 N–H and O–H groups in total. The summed E-state index contributed by atoms with van der Waals surface area (Å²) in [6.07, 6.45) is 2.99. The summed E-state index contributed by atoms with van der Waals surface area (Å²) >= 11 is 0. The number of fused-ring (bicyclic) bond motifs is 1. The van der Waals surface area contributed by atoms with E-state index in [2.05, 4.69) is 10.6 Å². The molecule has 0 bridgehead atoms. The van der Waals surface area contributed by atoms with Crippen molar-refractivity contribution < 1.29 is 14.0 Å². The van der Waals surface area contributed by atoms with Gasteiger partial charge in [-0.15, -0.1) is 0 Å². The van der Waals surface area contributed by atoms with Crippen LogP contribution >= 0.6 is 0 Å². The van der Waals surface area contributed by atoms with Crippen LogP contribution in [0.4, 0.5) is 10.1 Å². The van der Waals surface area contributed by atoms with E-state index in [1.165, 1.54) is 12.1 Å². The van der Waals surface area contributed by atoms with Gasteiger partial charge in [0.15, 0.2) is 0 Å².